The van der Waals surface area contributed by atoms with E-state index in [1.807, 2.05) is 27.7 Å². The molecule has 7 atom stereocenters. The Morgan fingerprint density at radius 3 is 2.19 bits per heavy atom. The molecule has 0 aliphatic carbocycles. The third-order valence-corrected chi connectivity index (χ3v) is 11.1. The van der Waals surface area contributed by atoms with E-state index < -0.39 is 65.7 Å². The minimum atomic E-state index is -0.997. The minimum absolute atomic E-state index is 0.0405. The van der Waals surface area contributed by atoms with Crippen molar-refractivity contribution >= 4 is 53.0 Å². The molecule has 0 bridgehead atoms. The van der Waals surface area contributed by atoms with E-state index in [2.05, 4.69) is 33.5 Å². The number of ketones is 1. The zero-order valence-electron chi connectivity index (χ0n) is 32.6. The molecule has 0 aromatic carbocycles. The van der Waals surface area contributed by atoms with Gasteiger partial charge in [0.15, 0.2) is 0 Å². The van der Waals surface area contributed by atoms with Crippen molar-refractivity contribution in [3.05, 3.63) is 0 Å². The lowest BCUT2D eigenvalue weighted by atomic mass is 9.97. The van der Waals surface area contributed by atoms with Crippen molar-refractivity contribution in [3.8, 4) is 0 Å². The number of unbranched alkanes of at least 4 members (excludes halogenated alkanes) is 6. The van der Waals surface area contributed by atoms with Crippen LogP contribution in [0.5, 0.6) is 0 Å². The zero-order valence-corrected chi connectivity index (χ0v) is 33.5. The van der Waals surface area contributed by atoms with Crippen LogP contribution in [-0.2, 0) is 33.6 Å². The molecule has 0 aromatic rings. The van der Waals surface area contributed by atoms with E-state index in [-0.39, 0.29) is 23.5 Å². The monoisotopic (exact) mass is 750 g/mol. The average Bonchev–Trinajstić information content (AvgIpc) is 3.52. The first-order valence-electron chi connectivity index (χ1n) is 19.6. The number of hydrogen-bond donors (Lipinski definition) is 5. The van der Waals surface area contributed by atoms with Crippen molar-refractivity contribution in [2.45, 2.75) is 156 Å². The molecule has 0 unspecified atom stereocenters. The Bertz CT molecular complexity index is 1220. The molecule has 13 nitrogen and oxygen atoms in total. The van der Waals surface area contributed by atoms with E-state index >= 15 is 0 Å². The van der Waals surface area contributed by atoms with Crippen molar-refractivity contribution in [1.82, 2.24) is 31.5 Å². The molecule has 2 rings (SSSR count). The molecule has 0 aromatic heterocycles. The first-order valence-corrected chi connectivity index (χ1v) is 20.8. The summed E-state index contributed by atoms with van der Waals surface area (Å²) in [6.45, 7) is 13.7. The molecule has 52 heavy (non-hydrogen) atoms. The van der Waals surface area contributed by atoms with Crippen LogP contribution in [0.25, 0.3) is 0 Å². The van der Waals surface area contributed by atoms with Crippen LogP contribution in [0.3, 0.4) is 0 Å². The van der Waals surface area contributed by atoms with E-state index in [4.69, 9.17) is 0 Å². The van der Waals surface area contributed by atoms with Crippen LogP contribution in [0.1, 0.15) is 126 Å². The Balaban J connectivity index is 2.01. The van der Waals surface area contributed by atoms with Crippen LogP contribution in [0.2, 0.25) is 0 Å². The molecule has 0 spiro atoms. The van der Waals surface area contributed by atoms with Crippen molar-refractivity contribution in [2.24, 2.45) is 17.8 Å². The Kier molecular flexibility index (Phi) is 20.3. The Labute approximate surface area is 315 Å². The number of nitrogens with one attached hydrogen (secondary N) is 5. The number of likely N-dealkylation sites (tertiary alicyclic amines) is 1. The standard InChI is InChI=1S/C38H66N6O7S/c1-8-10-11-12-13-14-15-18-31(45)26(6)33(46)41-28(22-24(3)4)35(48)40-27(7)38(51)44-20-16-17-30(44)36(49)43-32(25(5)9-2)37(50)42-29-23-52-21-19-39-34(29)47/h24-30,32H,8-23H2,1-7H3,(H,39,47)(H,40,48)(H,41,46)(H,42,50)(H,43,49)/t25-,26+,27+,28-,29-,30-,32-/m0/s1. The maximum Gasteiger partial charge on any atom is 0.245 e. The van der Waals surface area contributed by atoms with Crippen molar-refractivity contribution < 1.29 is 33.6 Å². The molecule has 296 valence electrons. The van der Waals surface area contributed by atoms with Crippen LogP contribution in [0.15, 0.2) is 0 Å². The molecule has 5 N–H and O–H groups in total. The van der Waals surface area contributed by atoms with E-state index in [1.165, 1.54) is 24.2 Å². The van der Waals surface area contributed by atoms with E-state index in [0.29, 0.717) is 50.9 Å². The number of amides is 6. The quantitative estimate of drug-likeness (QED) is 0.0826. The molecule has 0 saturated carbocycles. The van der Waals surface area contributed by atoms with Crippen LogP contribution >= 0.6 is 11.8 Å². The van der Waals surface area contributed by atoms with E-state index in [0.717, 1.165) is 31.4 Å². The molecule has 6 amide bonds. The van der Waals surface area contributed by atoms with Crippen LogP contribution in [0.4, 0.5) is 0 Å². The smallest absolute Gasteiger partial charge is 0.245 e. The summed E-state index contributed by atoms with van der Waals surface area (Å²) in [5, 5.41) is 13.9. The normalized spacial score (nSPS) is 20.5. The van der Waals surface area contributed by atoms with Gasteiger partial charge in [-0.15, -0.1) is 0 Å². The average molecular weight is 751 g/mol. The summed E-state index contributed by atoms with van der Waals surface area (Å²) in [4.78, 5) is 93.9. The van der Waals surface area contributed by atoms with Gasteiger partial charge in [0.25, 0.3) is 0 Å². The SMILES string of the molecule is CCCCCCCCCC(=O)[C@@H](C)C(=O)N[C@@H](CC(C)C)C(=O)N[C@H](C)C(=O)N1CCC[C@H]1C(=O)N[C@H](C(=O)N[C@H]1CSCCNC1=O)[C@@H](C)CC. The van der Waals surface area contributed by atoms with Gasteiger partial charge in [-0.05, 0) is 51.4 Å². The lowest BCUT2D eigenvalue weighted by Gasteiger charge is -2.31. The van der Waals surface area contributed by atoms with Gasteiger partial charge in [-0.2, -0.15) is 11.8 Å². The summed E-state index contributed by atoms with van der Waals surface area (Å²) in [5.41, 5.74) is 0. The van der Waals surface area contributed by atoms with Gasteiger partial charge in [-0.25, -0.2) is 0 Å². The van der Waals surface area contributed by atoms with Gasteiger partial charge in [0.2, 0.25) is 35.4 Å². The topological polar surface area (TPSA) is 183 Å². The summed E-state index contributed by atoms with van der Waals surface area (Å²) in [6.07, 6.45) is 9.69. The molecule has 2 aliphatic rings. The number of carbonyl (C=O) groups excluding carboxylic acids is 7. The Hall–Kier alpha value is -3.16. The maximum atomic E-state index is 13.7. The second-order valence-electron chi connectivity index (χ2n) is 15.0. The molecule has 2 aliphatic heterocycles. The molecule has 2 saturated heterocycles. The molecular weight excluding hydrogens is 685 g/mol. The highest BCUT2D eigenvalue weighted by Crippen LogP contribution is 2.21. The second kappa shape index (κ2) is 23.5. The highest BCUT2D eigenvalue weighted by Gasteiger charge is 2.39. The molecule has 0 radical (unpaired) electrons. The van der Waals surface area contributed by atoms with Gasteiger partial charge >= 0.3 is 0 Å². The van der Waals surface area contributed by atoms with Gasteiger partial charge in [-0.1, -0.05) is 79.6 Å². The fourth-order valence-electron chi connectivity index (χ4n) is 6.51. The molecular formula is C38H66N6O7S. The van der Waals surface area contributed by atoms with E-state index in [9.17, 15) is 33.6 Å². The van der Waals surface area contributed by atoms with Gasteiger partial charge in [0, 0.05) is 31.0 Å². The fraction of sp³-hybridized carbons (Fsp3) is 0.816. The van der Waals surface area contributed by atoms with Crippen LogP contribution in [-0.4, -0.2) is 101 Å². The Morgan fingerprint density at radius 2 is 1.54 bits per heavy atom. The van der Waals surface area contributed by atoms with Gasteiger partial charge < -0.3 is 31.5 Å². The second-order valence-corrected chi connectivity index (χ2v) is 16.1. The lowest BCUT2D eigenvalue weighted by Crippen LogP contribution is -2.59. The predicted molar refractivity (Wildman–Crippen MR) is 204 cm³/mol. The third-order valence-electron chi connectivity index (χ3n) is 10.1. The highest BCUT2D eigenvalue weighted by atomic mass is 32.2. The predicted octanol–water partition coefficient (Wildman–Crippen LogP) is 3.24. The summed E-state index contributed by atoms with van der Waals surface area (Å²) in [7, 11) is 0. The summed E-state index contributed by atoms with van der Waals surface area (Å²) in [6, 6.07) is -4.39. The van der Waals surface area contributed by atoms with Crippen LogP contribution < -0.4 is 26.6 Å². The third kappa shape index (κ3) is 14.7. The largest absolute Gasteiger partial charge is 0.353 e. The van der Waals surface area contributed by atoms with Crippen LogP contribution in [0, 0.1) is 17.8 Å². The number of rotatable bonds is 22. The minimum Gasteiger partial charge on any atom is -0.353 e. The molecule has 2 fully saturated rings. The number of thioether (sulfide) groups is 1. The van der Waals surface area contributed by atoms with Gasteiger partial charge in [0.05, 0.1) is 5.92 Å². The fourth-order valence-corrected chi connectivity index (χ4v) is 7.40. The Morgan fingerprint density at radius 1 is 0.865 bits per heavy atom. The number of carbonyl (C=O) groups is 7. The molecule has 2 heterocycles. The summed E-state index contributed by atoms with van der Waals surface area (Å²) in [5.74, 6) is -2.73. The van der Waals surface area contributed by atoms with E-state index in [1.54, 1.807) is 25.6 Å². The van der Waals surface area contributed by atoms with Crippen molar-refractivity contribution in [2.75, 3.05) is 24.6 Å². The van der Waals surface area contributed by atoms with Crippen molar-refractivity contribution in [3.63, 3.8) is 0 Å². The van der Waals surface area contributed by atoms with Crippen molar-refractivity contribution in [1.29, 1.82) is 0 Å². The summed E-state index contributed by atoms with van der Waals surface area (Å²) < 4.78 is 0. The first-order chi connectivity index (χ1) is 24.7. The number of hydrogen-bond acceptors (Lipinski definition) is 8. The lowest BCUT2D eigenvalue weighted by molar-refractivity contribution is -0.142. The van der Waals surface area contributed by atoms with Gasteiger partial charge in [-0.3, -0.25) is 33.6 Å². The summed E-state index contributed by atoms with van der Waals surface area (Å²) >= 11 is 1.56. The zero-order chi connectivity index (χ0) is 38.8. The number of nitrogens with zero attached hydrogens (tertiary/aromatic N) is 1. The first kappa shape index (κ1) is 45.0. The molecule has 14 heteroatoms. The highest BCUT2D eigenvalue weighted by molar-refractivity contribution is 7.99. The van der Waals surface area contributed by atoms with Gasteiger partial charge in [0.1, 0.15) is 36.0 Å². The maximum absolute atomic E-state index is 13.7. The number of Topliss-reactive ketones (excluding diaryl/α,β-unsaturated/α-hetero) is 1.